The van der Waals surface area contributed by atoms with Crippen molar-refractivity contribution in [3.63, 3.8) is 0 Å². The van der Waals surface area contributed by atoms with E-state index < -0.39 is 0 Å². The third kappa shape index (κ3) is 3.22. The third-order valence-corrected chi connectivity index (χ3v) is 5.54. The summed E-state index contributed by atoms with van der Waals surface area (Å²) < 4.78 is 11.5. The molecule has 2 aromatic heterocycles. The summed E-state index contributed by atoms with van der Waals surface area (Å²) in [5, 5.41) is 14.2. The van der Waals surface area contributed by atoms with E-state index in [1.54, 1.807) is 12.1 Å². The molecule has 0 radical (unpaired) electrons. The maximum Gasteiger partial charge on any atom is 0.291 e. The molecule has 0 aliphatic rings. The Morgan fingerprint density at radius 2 is 1.71 bits per heavy atom. The van der Waals surface area contributed by atoms with Gasteiger partial charge in [-0.1, -0.05) is 18.2 Å². The van der Waals surface area contributed by atoms with Gasteiger partial charge in [-0.2, -0.15) is 0 Å². The van der Waals surface area contributed by atoms with Gasteiger partial charge < -0.3 is 19.3 Å². The van der Waals surface area contributed by atoms with Crippen LogP contribution in [0.25, 0.3) is 33.5 Å². The maximum atomic E-state index is 12.7. The topological polar surface area (TPSA) is 88.5 Å². The molecule has 0 saturated carbocycles. The van der Waals surface area contributed by atoms with Crippen molar-refractivity contribution in [1.82, 2.24) is 4.98 Å². The number of furan rings is 1. The molecule has 0 aliphatic carbocycles. The molecule has 6 nitrogen and oxygen atoms in total. The standard InChI is InChI=1S/C25H20N2O4/c1-13-10-19-22(11-14(13)2)31-25(27-19)18-9-8-16(12-20(18)28)26-24(29)23-15(3)17-6-4-5-7-21(17)30-23/h4-12,28H,1-3H3,(H,26,29). The van der Waals surface area contributed by atoms with E-state index in [9.17, 15) is 9.90 Å². The quantitative estimate of drug-likeness (QED) is 0.372. The van der Waals surface area contributed by atoms with Gasteiger partial charge >= 0.3 is 0 Å². The number of anilines is 1. The maximum absolute atomic E-state index is 12.7. The molecule has 0 saturated heterocycles. The Hall–Kier alpha value is -4.06. The number of nitrogens with one attached hydrogen (secondary N) is 1. The highest BCUT2D eigenvalue weighted by Gasteiger charge is 2.19. The summed E-state index contributed by atoms with van der Waals surface area (Å²) >= 11 is 0. The number of amides is 1. The van der Waals surface area contributed by atoms with Gasteiger partial charge in [0.1, 0.15) is 16.8 Å². The van der Waals surface area contributed by atoms with Gasteiger partial charge in [0.2, 0.25) is 5.89 Å². The van der Waals surface area contributed by atoms with Crippen LogP contribution in [0.15, 0.2) is 63.4 Å². The lowest BCUT2D eigenvalue weighted by atomic mass is 10.1. The molecule has 3 aromatic carbocycles. The number of aromatic hydroxyl groups is 1. The van der Waals surface area contributed by atoms with Crippen LogP contribution in [0.5, 0.6) is 5.75 Å². The summed E-state index contributed by atoms with van der Waals surface area (Å²) in [7, 11) is 0. The Morgan fingerprint density at radius 3 is 2.48 bits per heavy atom. The molecule has 1 amide bonds. The SMILES string of the molecule is Cc1cc2nc(-c3ccc(NC(=O)c4oc5ccccc5c4C)cc3O)oc2cc1C. The number of para-hydroxylation sites is 1. The first-order chi connectivity index (χ1) is 14.9. The number of carbonyl (C=O) groups is 1. The Bertz CT molecular complexity index is 1440. The van der Waals surface area contributed by atoms with Crippen LogP contribution in [0.3, 0.4) is 0 Å². The first kappa shape index (κ1) is 18.9. The predicted octanol–water partition coefficient (Wildman–Crippen LogP) is 6.12. The number of nitrogens with zero attached hydrogens (tertiary/aromatic N) is 1. The van der Waals surface area contributed by atoms with E-state index in [1.165, 1.54) is 6.07 Å². The second kappa shape index (κ2) is 7.02. The highest BCUT2D eigenvalue weighted by Crippen LogP contribution is 2.34. The van der Waals surface area contributed by atoms with E-state index in [0.717, 1.165) is 27.6 Å². The molecule has 2 N–H and O–H groups in total. The van der Waals surface area contributed by atoms with Crippen molar-refractivity contribution in [3.8, 4) is 17.2 Å². The zero-order valence-electron chi connectivity index (χ0n) is 17.3. The molecule has 6 heteroatoms. The number of rotatable bonds is 3. The van der Waals surface area contributed by atoms with E-state index in [2.05, 4.69) is 10.3 Å². The summed E-state index contributed by atoms with van der Waals surface area (Å²) in [6.07, 6.45) is 0. The Labute approximate surface area is 178 Å². The highest BCUT2D eigenvalue weighted by molar-refractivity contribution is 6.06. The summed E-state index contributed by atoms with van der Waals surface area (Å²) in [6, 6.07) is 16.2. The van der Waals surface area contributed by atoms with Gasteiger partial charge in [-0.25, -0.2) is 4.98 Å². The largest absolute Gasteiger partial charge is 0.507 e. The average molecular weight is 412 g/mol. The van der Waals surface area contributed by atoms with Gasteiger partial charge in [0.05, 0.1) is 5.56 Å². The lowest BCUT2D eigenvalue weighted by molar-refractivity contribution is 0.0998. The van der Waals surface area contributed by atoms with Crippen molar-refractivity contribution in [3.05, 3.63) is 77.0 Å². The van der Waals surface area contributed by atoms with Gasteiger partial charge in [-0.3, -0.25) is 4.79 Å². The number of aryl methyl sites for hydroxylation is 3. The number of oxazole rings is 1. The van der Waals surface area contributed by atoms with E-state index in [4.69, 9.17) is 8.83 Å². The number of phenols is 1. The van der Waals surface area contributed by atoms with Crippen molar-refractivity contribution in [2.75, 3.05) is 5.32 Å². The summed E-state index contributed by atoms with van der Waals surface area (Å²) in [5.74, 6) is 0.144. The van der Waals surface area contributed by atoms with Crippen LogP contribution in [0.2, 0.25) is 0 Å². The molecule has 0 fully saturated rings. The van der Waals surface area contributed by atoms with Gasteiger partial charge in [-0.15, -0.1) is 0 Å². The van der Waals surface area contributed by atoms with Crippen LogP contribution < -0.4 is 5.32 Å². The molecular weight excluding hydrogens is 392 g/mol. The smallest absolute Gasteiger partial charge is 0.291 e. The molecule has 2 heterocycles. The van der Waals surface area contributed by atoms with Crippen molar-refractivity contribution in [2.24, 2.45) is 0 Å². The van der Waals surface area contributed by atoms with Crippen molar-refractivity contribution in [1.29, 1.82) is 0 Å². The summed E-state index contributed by atoms with van der Waals surface area (Å²) in [6.45, 7) is 5.87. The molecule has 31 heavy (non-hydrogen) atoms. The summed E-state index contributed by atoms with van der Waals surface area (Å²) in [5.41, 5.74) is 5.94. The Morgan fingerprint density at radius 1 is 0.935 bits per heavy atom. The van der Waals surface area contributed by atoms with E-state index in [0.29, 0.717) is 28.3 Å². The third-order valence-electron chi connectivity index (χ3n) is 5.54. The average Bonchev–Trinajstić information content (AvgIpc) is 3.29. The van der Waals surface area contributed by atoms with Crippen LogP contribution in [0.1, 0.15) is 27.2 Å². The predicted molar refractivity (Wildman–Crippen MR) is 119 cm³/mol. The minimum atomic E-state index is -0.381. The number of benzene rings is 3. The van der Waals surface area contributed by atoms with Crippen LogP contribution in [0.4, 0.5) is 5.69 Å². The van der Waals surface area contributed by atoms with E-state index in [1.807, 2.05) is 57.2 Å². The molecule has 0 atom stereocenters. The molecule has 0 aliphatic heterocycles. The Kier molecular flexibility index (Phi) is 4.29. The second-order valence-corrected chi connectivity index (χ2v) is 7.66. The van der Waals surface area contributed by atoms with Crippen molar-refractivity contribution >= 4 is 33.7 Å². The zero-order chi connectivity index (χ0) is 21.7. The Balaban J connectivity index is 1.44. The highest BCUT2D eigenvalue weighted by atomic mass is 16.4. The number of fused-ring (bicyclic) bond motifs is 2. The fourth-order valence-corrected chi connectivity index (χ4v) is 3.66. The number of aromatic nitrogens is 1. The number of hydrogen-bond donors (Lipinski definition) is 2. The lowest BCUT2D eigenvalue weighted by Crippen LogP contribution is -2.12. The molecule has 154 valence electrons. The van der Waals surface area contributed by atoms with Crippen LogP contribution in [-0.4, -0.2) is 16.0 Å². The van der Waals surface area contributed by atoms with E-state index in [-0.39, 0.29) is 17.4 Å². The van der Waals surface area contributed by atoms with Gasteiger partial charge in [0.15, 0.2) is 11.3 Å². The number of hydrogen-bond acceptors (Lipinski definition) is 5. The second-order valence-electron chi connectivity index (χ2n) is 7.66. The normalized spacial score (nSPS) is 11.3. The molecule has 5 aromatic rings. The zero-order valence-corrected chi connectivity index (χ0v) is 17.3. The fourth-order valence-electron chi connectivity index (χ4n) is 3.66. The molecule has 0 bridgehead atoms. The van der Waals surface area contributed by atoms with E-state index >= 15 is 0 Å². The van der Waals surface area contributed by atoms with Gasteiger partial charge in [0, 0.05) is 22.7 Å². The van der Waals surface area contributed by atoms with Crippen LogP contribution >= 0.6 is 0 Å². The lowest BCUT2D eigenvalue weighted by Gasteiger charge is -2.06. The molecule has 0 unspecified atom stereocenters. The summed E-state index contributed by atoms with van der Waals surface area (Å²) in [4.78, 5) is 17.2. The van der Waals surface area contributed by atoms with Gasteiger partial charge in [0.25, 0.3) is 5.91 Å². The monoisotopic (exact) mass is 412 g/mol. The molecular formula is C25H20N2O4. The van der Waals surface area contributed by atoms with Gasteiger partial charge in [-0.05, 0) is 62.2 Å². The number of carbonyl (C=O) groups excluding carboxylic acids is 1. The molecule has 5 rings (SSSR count). The van der Waals surface area contributed by atoms with Crippen LogP contribution in [0, 0.1) is 20.8 Å². The number of phenolic OH excluding ortho intramolecular Hbond substituents is 1. The minimum absolute atomic E-state index is 0.0425. The van der Waals surface area contributed by atoms with Crippen molar-refractivity contribution in [2.45, 2.75) is 20.8 Å². The first-order valence-electron chi connectivity index (χ1n) is 9.91. The van der Waals surface area contributed by atoms with Crippen LogP contribution in [-0.2, 0) is 0 Å². The minimum Gasteiger partial charge on any atom is -0.507 e. The fraction of sp³-hybridized carbons (Fsp3) is 0.120. The molecule has 0 spiro atoms. The first-order valence-corrected chi connectivity index (χ1v) is 9.91. The van der Waals surface area contributed by atoms with Crippen molar-refractivity contribution < 1.29 is 18.7 Å².